The van der Waals surface area contributed by atoms with Gasteiger partial charge in [0.25, 0.3) is 0 Å². The SMILES string of the molecule is CC(C)(C)CCCC(C)(O)CC1COCCN1. The van der Waals surface area contributed by atoms with Crippen molar-refractivity contribution in [3.8, 4) is 0 Å². The number of aliphatic hydroxyl groups is 1. The number of hydrogen-bond donors (Lipinski definition) is 2. The van der Waals surface area contributed by atoms with Crippen LogP contribution in [0.5, 0.6) is 0 Å². The molecule has 0 amide bonds. The zero-order valence-corrected chi connectivity index (χ0v) is 11.9. The second kappa shape index (κ2) is 6.17. The summed E-state index contributed by atoms with van der Waals surface area (Å²) < 4.78 is 5.41. The molecule has 0 spiro atoms. The molecule has 17 heavy (non-hydrogen) atoms. The number of rotatable bonds is 5. The van der Waals surface area contributed by atoms with E-state index in [1.54, 1.807) is 0 Å². The fourth-order valence-corrected chi connectivity index (χ4v) is 2.38. The average molecular weight is 243 g/mol. The van der Waals surface area contributed by atoms with Crippen LogP contribution in [0.25, 0.3) is 0 Å². The highest BCUT2D eigenvalue weighted by molar-refractivity contribution is 4.82. The normalized spacial score (nSPS) is 25.6. The van der Waals surface area contributed by atoms with Crippen molar-refractivity contribution in [1.82, 2.24) is 5.32 Å². The lowest BCUT2D eigenvalue weighted by atomic mass is 9.85. The highest BCUT2D eigenvalue weighted by Crippen LogP contribution is 2.26. The molecule has 1 rings (SSSR count). The summed E-state index contributed by atoms with van der Waals surface area (Å²) in [4.78, 5) is 0. The zero-order valence-electron chi connectivity index (χ0n) is 11.9. The summed E-state index contributed by atoms with van der Waals surface area (Å²) in [7, 11) is 0. The molecule has 1 aliphatic rings. The van der Waals surface area contributed by atoms with Gasteiger partial charge in [0.2, 0.25) is 0 Å². The Labute approximate surface area is 106 Å². The second-order valence-electron chi connectivity index (χ2n) is 6.84. The van der Waals surface area contributed by atoms with Gasteiger partial charge in [-0.05, 0) is 31.6 Å². The second-order valence-corrected chi connectivity index (χ2v) is 6.84. The van der Waals surface area contributed by atoms with Gasteiger partial charge in [0.05, 0.1) is 18.8 Å². The molecule has 1 fully saturated rings. The molecule has 2 atom stereocenters. The molecule has 2 unspecified atom stereocenters. The van der Waals surface area contributed by atoms with Gasteiger partial charge >= 0.3 is 0 Å². The molecule has 0 aromatic rings. The molecular weight excluding hydrogens is 214 g/mol. The summed E-state index contributed by atoms with van der Waals surface area (Å²) >= 11 is 0. The van der Waals surface area contributed by atoms with Gasteiger partial charge in [-0.2, -0.15) is 0 Å². The van der Waals surface area contributed by atoms with Crippen LogP contribution in [0.1, 0.15) is 53.4 Å². The van der Waals surface area contributed by atoms with Crippen LogP contribution in [0.4, 0.5) is 0 Å². The van der Waals surface area contributed by atoms with Crippen LogP contribution in [0.3, 0.4) is 0 Å². The van der Waals surface area contributed by atoms with E-state index in [1.807, 2.05) is 6.92 Å². The van der Waals surface area contributed by atoms with Gasteiger partial charge in [-0.1, -0.05) is 27.2 Å². The first-order valence-corrected chi connectivity index (χ1v) is 6.82. The molecule has 0 aliphatic carbocycles. The van der Waals surface area contributed by atoms with E-state index in [4.69, 9.17) is 4.74 Å². The molecule has 0 aromatic carbocycles. The van der Waals surface area contributed by atoms with Gasteiger partial charge in [0.15, 0.2) is 0 Å². The lowest BCUT2D eigenvalue weighted by Crippen LogP contribution is -2.45. The van der Waals surface area contributed by atoms with Gasteiger partial charge in [-0.3, -0.25) is 0 Å². The largest absolute Gasteiger partial charge is 0.390 e. The highest BCUT2D eigenvalue weighted by atomic mass is 16.5. The fourth-order valence-electron chi connectivity index (χ4n) is 2.38. The van der Waals surface area contributed by atoms with E-state index >= 15 is 0 Å². The molecule has 3 heteroatoms. The maximum Gasteiger partial charge on any atom is 0.0635 e. The molecule has 0 radical (unpaired) electrons. The minimum Gasteiger partial charge on any atom is -0.390 e. The van der Waals surface area contributed by atoms with Crippen molar-refractivity contribution in [1.29, 1.82) is 0 Å². The average Bonchev–Trinajstić information content (AvgIpc) is 2.15. The summed E-state index contributed by atoms with van der Waals surface area (Å²) in [5, 5.41) is 13.8. The Bertz CT molecular complexity index is 215. The molecular formula is C14H29NO2. The predicted molar refractivity (Wildman–Crippen MR) is 71.2 cm³/mol. The Morgan fingerprint density at radius 3 is 2.47 bits per heavy atom. The Morgan fingerprint density at radius 2 is 1.94 bits per heavy atom. The molecule has 0 bridgehead atoms. The molecule has 0 saturated carbocycles. The highest BCUT2D eigenvalue weighted by Gasteiger charge is 2.26. The van der Waals surface area contributed by atoms with Gasteiger partial charge in [0.1, 0.15) is 0 Å². The van der Waals surface area contributed by atoms with Crippen molar-refractivity contribution in [3.63, 3.8) is 0 Å². The quantitative estimate of drug-likeness (QED) is 0.778. The van der Waals surface area contributed by atoms with Crippen molar-refractivity contribution >= 4 is 0 Å². The Balaban J connectivity index is 2.24. The van der Waals surface area contributed by atoms with E-state index in [2.05, 4.69) is 26.1 Å². The molecule has 2 N–H and O–H groups in total. The van der Waals surface area contributed by atoms with Gasteiger partial charge in [0, 0.05) is 12.6 Å². The third-order valence-electron chi connectivity index (χ3n) is 3.33. The number of ether oxygens (including phenoxy) is 1. The summed E-state index contributed by atoms with van der Waals surface area (Å²) in [6.07, 6.45) is 3.92. The lowest BCUT2D eigenvalue weighted by Gasteiger charge is -2.32. The van der Waals surface area contributed by atoms with Crippen LogP contribution >= 0.6 is 0 Å². The minimum absolute atomic E-state index is 0.313. The van der Waals surface area contributed by atoms with Crippen LogP contribution in [-0.2, 0) is 4.74 Å². The summed E-state index contributed by atoms with van der Waals surface area (Å²) in [5.41, 5.74) is -0.202. The van der Waals surface area contributed by atoms with Crippen LogP contribution in [0.2, 0.25) is 0 Å². The first kappa shape index (κ1) is 14.9. The molecule has 102 valence electrons. The van der Waals surface area contributed by atoms with E-state index in [9.17, 15) is 5.11 Å². The zero-order chi connectivity index (χ0) is 12.9. The van der Waals surface area contributed by atoms with Gasteiger partial charge in [-0.25, -0.2) is 0 Å². The van der Waals surface area contributed by atoms with E-state index in [1.165, 1.54) is 0 Å². The van der Waals surface area contributed by atoms with Crippen molar-refractivity contribution in [2.24, 2.45) is 5.41 Å². The Hall–Kier alpha value is -0.120. The van der Waals surface area contributed by atoms with Crippen LogP contribution in [0.15, 0.2) is 0 Å². The van der Waals surface area contributed by atoms with E-state index < -0.39 is 5.60 Å². The Kier molecular flexibility index (Phi) is 5.42. The topological polar surface area (TPSA) is 41.5 Å². The fraction of sp³-hybridized carbons (Fsp3) is 1.00. The van der Waals surface area contributed by atoms with Crippen molar-refractivity contribution in [2.75, 3.05) is 19.8 Å². The predicted octanol–water partition coefficient (Wildman–Crippen LogP) is 2.33. The number of hydrogen-bond acceptors (Lipinski definition) is 3. The van der Waals surface area contributed by atoms with Gasteiger partial charge in [-0.15, -0.1) is 0 Å². The first-order chi connectivity index (χ1) is 7.79. The minimum atomic E-state index is -0.566. The van der Waals surface area contributed by atoms with E-state index in [0.29, 0.717) is 11.5 Å². The lowest BCUT2D eigenvalue weighted by molar-refractivity contribution is -0.00165. The number of morpholine rings is 1. The third-order valence-corrected chi connectivity index (χ3v) is 3.33. The summed E-state index contributed by atoms with van der Waals surface area (Å²) in [6.45, 7) is 11.1. The van der Waals surface area contributed by atoms with Crippen molar-refractivity contribution in [3.05, 3.63) is 0 Å². The van der Waals surface area contributed by atoms with E-state index in [-0.39, 0.29) is 0 Å². The van der Waals surface area contributed by atoms with Crippen LogP contribution < -0.4 is 5.32 Å². The van der Waals surface area contributed by atoms with Crippen LogP contribution in [-0.4, -0.2) is 36.5 Å². The van der Waals surface area contributed by atoms with Crippen LogP contribution in [0, 0.1) is 5.41 Å². The summed E-state index contributed by atoms with van der Waals surface area (Å²) in [6, 6.07) is 0.313. The molecule has 1 saturated heterocycles. The standard InChI is InChI=1S/C14H29NO2/c1-13(2,3)6-5-7-14(4,16)10-12-11-17-9-8-15-12/h12,15-16H,5-11H2,1-4H3. The Morgan fingerprint density at radius 1 is 1.24 bits per heavy atom. The summed E-state index contributed by atoms with van der Waals surface area (Å²) in [5.74, 6) is 0. The number of nitrogens with one attached hydrogen (secondary N) is 1. The monoisotopic (exact) mass is 243 g/mol. The van der Waals surface area contributed by atoms with Crippen molar-refractivity contribution < 1.29 is 9.84 Å². The van der Waals surface area contributed by atoms with Gasteiger partial charge < -0.3 is 15.2 Å². The molecule has 1 aliphatic heterocycles. The van der Waals surface area contributed by atoms with Crippen molar-refractivity contribution in [2.45, 2.75) is 65.0 Å². The smallest absolute Gasteiger partial charge is 0.0635 e. The third kappa shape index (κ3) is 7.02. The molecule has 1 heterocycles. The van der Waals surface area contributed by atoms with E-state index in [0.717, 1.165) is 45.4 Å². The maximum atomic E-state index is 10.4. The molecule has 0 aromatic heterocycles. The molecule has 3 nitrogen and oxygen atoms in total. The first-order valence-electron chi connectivity index (χ1n) is 6.82. The maximum absolute atomic E-state index is 10.4.